The summed E-state index contributed by atoms with van der Waals surface area (Å²) < 4.78 is 49.1. The number of piperazine rings is 1. The molecule has 1 aromatic rings. The summed E-state index contributed by atoms with van der Waals surface area (Å²) in [5.41, 5.74) is 0.861. The van der Waals surface area contributed by atoms with Gasteiger partial charge in [-0.3, -0.25) is 4.90 Å². The van der Waals surface area contributed by atoms with Gasteiger partial charge in [-0.2, -0.15) is 13.2 Å². The lowest BCUT2D eigenvalue weighted by molar-refractivity contribution is -0.138. The van der Waals surface area contributed by atoms with Crippen molar-refractivity contribution in [1.82, 2.24) is 10.2 Å². The molecule has 7 heteroatoms. The maximum Gasteiger partial charge on any atom is 0.389 e. The van der Waals surface area contributed by atoms with E-state index < -0.39 is 12.6 Å². The standard InChI is InChI=1S/C16H21F3N2O2/c17-16(18,19)4-3-13(21-7-5-20-6-8-21)12-1-2-14-15(11-12)23-10-9-22-14/h1-2,11,13,20H,3-10H2/t13-/m1/s1. The van der Waals surface area contributed by atoms with E-state index in [1.54, 1.807) is 6.07 Å². The van der Waals surface area contributed by atoms with Gasteiger partial charge in [-0.05, 0) is 24.1 Å². The van der Waals surface area contributed by atoms with Crippen LogP contribution in [-0.2, 0) is 0 Å². The van der Waals surface area contributed by atoms with Gasteiger partial charge in [0.25, 0.3) is 0 Å². The number of alkyl halides is 3. The van der Waals surface area contributed by atoms with Crippen LogP contribution in [-0.4, -0.2) is 50.5 Å². The fourth-order valence-corrected chi connectivity index (χ4v) is 3.12. The Kier molecular flexibility index (Phi) is 4.96. The Morgan fingerprint density at radius 1 is 1.09 bits per heavy atom. The molecule has 1 N–H and O–H groups in total. The summed E-state index contributed by atoms with van der Waals surface area (Å²) in [6.07, 6.45) is -4.86. The van der Waals surface area contributed by atoms with Crippen LogP contribution in [0.2, 0.25) is 0 Å². The quantitative estimate of drug-likeness (QED) is 0.920. The van der Waals surface area contributed by atoms with Gasteiger partial charge in [-0.25, -0.2) is 0 Å². The molecule has 1 fully saturated rings. The maximum atomic E-state index is 12.7. The van der Waals surface area contributed by atoms with E-state index in [0.29, 0.717) is 24.7 Å². The molecule has 0 aromatic heterocycles. The molecule has 0 unspecified atom stereocenters. The summed E-state index contributed by atoms with van der Waals surface area (Å²) in [7, 11) is 0. The van der Waals surface area contributed by atoms with Crippen molar-refractivity contribution in [2.45, 2.75) is 25.1 Å². The smallest absolute Gasteiger partial charge is 0.389 e. The van der Waals surface area contributed by atoms with Gasteiger partial charge >= 0.3 is 6.18 Å². The predicted molar refractivity (Wildman–Crippen MR) is 79.9 cm³/mol. The van der Waals surface area contributed by atoms with Gasteiger partial charge in [0.2, 0.25) is 0 Å². The Hall–Kier alpha value is -1.47. The van der Waals surface area contributed by atoms with Crippen LogP contribution in [0, 0.1) is 0 Å². The lowest BCUT2D eigenvalue weighted by atomic mass is 9.98. The minimum Gasteiger partial charge on any atom is -0.486 e. The molecule has 128 valence electrons. The monoisotopic (exact) mass is 330 g/mol. The molecule has 2 heterocycles. The summed E-state index contributed by atoms with van der Waals surface area (Å²) in [5.74, 6) is 1.29. The third-order valence-corrected chi connectivity index (χ3v) is 4.24. The van der Waals surface area contributed by atoms with Crippen molar-refractivity contribution < 1.29 is 22.6 Å². The molecular formula is C16H21F3N2O2. The Balaban J connectivity index is 1.81. The SMILES string of the molecule is FC(F)(F)CC[C@H](c1ccc2c(c1)OCCO2)N1CCNCC1. The van der Waals surface area contributed by atoms with Crippen LogP contribution in [0.1, 0.15) is 24.4 Å². The number of nitrogens with zero attached hydrogens (tertiary/aromatic N) is 1. The highest BCUT2D eigenvalue weighted by Crippen LogP contribution is 2.37. The molecular weight excluding hydrogens is 309 g/mol. The molecule has 1 aromatic carbocycles. The van der Waals surface area contributed by atoms with E-state index >= 15 is 0 Å². The summed E-state index contributed by atoms with van der Waals surface area (Å²) in [6, 6.07) is 5.23. The van der Waals surface area contributed by atoms with Crippen molar-refractivity contribution >= 4 is 0 Å². The van der Waals surface area contributed by atoms with Gasteiger partial charge in [-0.1, -0.05) is 6.07 Å². The molecule has 0 aliphatic carbocycles. The van der Waals surface area contributed by atoms with Gasteiger partial charge in [0.1, 0.15) is 13.2 Å². The van der Waals surface area contributed by atoms with Crippen molar-refractivity contribution in [1.29, 1.82) is 0 Å². The first-order chi connectivity index (χ1) is 11.0. The normalized spacial score (nSPS) is 20.3. The van der Waals surface area contributed by atoms with E-state index in [4.69, 9.17) is 9.47 Å². The van der Waals surface area contributed by atoms with Crippen molar-refractivity contribution in [2.75, 3.05) is 39.4 Å². The Morgan fingerprint density at radius 3 is 2.48 bits per heavy atom. The van der Waals surface area contributed by atoms with E-state index in [1.165, 1.54) is 0 Å². The second-order valence-corrected chi connectivity index (χ2v) is 5.86. The zero-order valence-electron chi connectivity index (χ0n) is 12.9. The third kappa shape index (κ3) is 4.29. The summed E-state index contributed by atoms with van der Waals surface area (Å²) in [6.45, 7) is 4.06. The molecule has 2 aliphatic heterocycles. The highest BCUT2D eigenvalue weighted by molar-refractivity contribution is 5.44. The van der Waals surface area contributed by atoms with E-state index in [0.717, 1.165) is 31.7 Å². The van der Waals surface area contributed by atoms with Gasteiger partial charge < -0.3 is 14.8 Å². The molecule has 23 heavy (non-hydrogen) atoms. The molecule has 0 radical (unpaired) electrons. The number of hydrogen-bond acceptors (Lipinski definition) is 4. The fourth-order valence-electron chi connectivity index (χ4n) is 3.12. The Labute approximate surface area is 133 Å². The van der Waals surface area contributed by atoms with Gasteiger partial charge in [0.05, 0.1) is 0 Å². The van der Waals surface area contributed by atoms with Crippen molar-refractivity contribution in [3.8, 4) is 11.5 Å². The molecule has 1 saturated heterocycles. The van der Waals surface area contributed by atoms with Crippen molar-refractivity contribution in [3.63, 3.8) is 0 Å². The van der Waals surface area contributed by atoms with Gasteiger partial charge in [0, 0.05) is 38.6 Å². The Morgan fingerprint density at radius 2 is 1.78 bits per heavy atom. The highest BCUT2D eigenvalue weighted by Gasteiger charge is 2.31. The van der Waals surface area contributed by atoms with Crippen LogP contribution < -0.4 is 14.8 Å². The lowest BCUT2D eigenvalue weighted by Crippen LogP contribution is -2.45. The van der Waals surface area contributed by atoms with Crippen molar-refractivity contribution in [2.24, 2.45) is 0 Å². The van der Waals surface area contributed by atoms with Crippen LogP contribution in [0.25, 0.3) is 0 Å². The number of benzene rings is 1. The predicted octanol–water partition coefficient (Wildman–Crippen LogP) is 2.75. The highest BCUT2D eigenvalue weighted by atomic mass is 19.4. The maximum absolute atomic E-state index is 12.7. The average molecular weight is 330 g/mol. The number of nitrogens with one attached hydrogen (secondary N) is 1. The second kappa shape index (κ2) is 6.97. The summed E-state index contributed by atoms with van der Waals surface area (Å²) in [5, 5.41) is 3.23. The average Bonchev–Trinajstić information content (AvgIpc) is 2.55. The lowest BCUT2D eigenvalue weighted by Gasteiger charge is -2.36. The summed E-state index contributed by atoms with van der Waals surface area (Å²) >= 11 is 0. The van der Waals surface area contributed by atoms with Crippen molar-refractivity contribution in [3.05, 3.63) is 23.8 Å². The van der Waals surface area contributed by atoms with E-state index in [2.05, 4.69) is 10.2 Å². The summed E-state index contributed by atoms with van der Waals surface area (Å²) in [4.78, 5) is 2.12. The second-order valence-electron chi connectivity index (χ2n) is 5.86. The number of rotatable bonds is 4. The molecule has 0 bridgehead atoms. The third-order valence-electron chi connectivity index (χ3n) is 4.24. The first kappa shape index (κ1) is 16.4. The van der Waals surface area contributed by atoms with Crippen LogP contribution in [0.15, 0.2) is 18.2 Å². The zero-order chi connectivity index (χ0) is 16.3. The number of ether oxygens (including phenoxy) is 2. The minimum atomic E-state index is -4.14. The molecule has 1 atom stereocenters. The number of hydrogen-bond donors (Lipinski definition) is 1. The number of fused-ring (bicyclic) bond motifs is 1. The first-order valence-corrected chi connectivity index (χ1v) is 7.94. The fraction of sp³-hybridized carbons (Fsp3) is 0.625. The topological polar surface area (TPSA) is 33.7 Å². The molecule has 0 spiro atoms. The van der Waals surface area contributed by atoms with E-state index in [-0.39, 0.29) is 12.5 Å². The molecule has 3 rings (SSSR count). The Bertz CT molecular complexity index is 531. The molecule has 4 nitrogen and oxygen atoms in total. The van der Waals surface area contributed by atoms with E-state index in [1.807, 2.05) is 12.1 Å². The molecule has 0 amide bonds. The van der Waals surface area contributed by atoms with Crippen LogP contribution in [0.4, 0.5) is 13.2 Å². The van der Waals surface area contributed by atoms with Gasteiger partial charge in [0.15, 0.2) is 11.5 Å². The van der Waals surface area contributed by atoms with E-state index in [9.17, 15) is 13.2 Å². The van der Waals surface area contributed by atoms with Crippen LogP contribution in [0.3, 0.4) is 0 Å². The molecule has 0 saturated carbocycles. The minimum absolute atomic E-state index is 0.0587. The van der Waals surface area contributed by atoms with Gasteiger partial charge in [-0.15, -0.1) is 0 Å². The zero-order valence-corrected chi connectivity index (χ0v) is 12.9. The first-order valence-electron chi connectivity index (χ1n) is 7.94. The van der Waals surface area contributed by atoms with Crippen LogP contribution in [0.5, 0.6) is 11.5 Å². The largest absolute Gasteiger partial charge is 0.486 e. The van der Waals surface area contributed by atoms with Crippen LogP contribution >= 0.6 is 0 Å². The molecule has 2 aliphatic rings. The number of halogens is 3.